The van der Waals surface area contributed by atoms with E-state index in [1.807, 2.05) is 0 Å². The number of halogens is 1. The number of guanidine groups is 1. The van der Waals surface area contributed by atoms with Gasteiger partial charge in [-0.2, -0.15) is 0 Å². The maximum Gasteiger partial charge on any atom is 0.191 e. The molecule has 4 rings (SSSR count). The second-order valence-corrected chi connectivity index (χ2v) is 7.87. The van der Waals surface area contributed by atoms with Gasteiger partial charge in [0.05, 0.1) is 6.54 Å². The van der Waals surface area contributed by atoms with Gasteiger partial charge >= 0.3 is 0 Å². The summed E-state index contributed by atoms with van der Waals surface area (Å²) in [7, 11) is 0. The molecule has 4 heterocycles. The summed E-state index contributed by atoms with van der Waals surface area (Å²) in [6.45, 7) is 16.0. The average molecular weight is 478 g/mol. The van der Waals surface area contributed by atoms with Crippen molar-refractivity contribution >= 4 is 29.9 Å². The van der Waals surface area contributed by atoms with Crippen molar-refractivity contribution in [1.82, 2.24) is 25.3 Å². The highest BCUT2D eigenvalue weighted by atomic mass is 127. The van der Waals surface area contributed by atoms with Gasteiger partial charge in [-0.1, -0.05) is 6.42 Å². The molecule has 0 aromatic rings. The number of hydrogen-bond acceptors (Lipinski definition) is 4. The topological polar surface area (TPSA) is 46.1 Å². The predicted molar refractivity (Wildman–Crippen MR) is 121 cm³/mol. The van der Waals surface area contributed by atoms with Crippen molar-refractivity contribution in [3.63, 3.8) is 0 Å². The van der Waals surface area contributed by atoms with Crippen molar-refractivity contribution in [3.05, 3.63) is 0 Å². The number of aliphatic imine (C=N–C) groups is 1. The van der Waals surface area contributed by atoms with Gasteiger partial charge in [0.25, 0.3) is 0 Å². The second kappa shape index (κ2) is 11.7. The van der Waals surface area contributed by atoms with Gasteiger partial charge in [-0.3, -0.25) is 14.8 Å². The Hall–Kier alpha value is -0.120. The summed E-state index contributed by atoms with van der Waals surface area (Å²) in [6, 6.07) is 1.37. The summed E-state index contributed by atoms with van der Waals surface area (Å²) in [4.78, 5) is 12.7. The van der Waals surface area contributed by atoms with Crippen LogP contribution < -0.4 is 10.6 Å². The van der Waals surface area contributed by atoms with Gasteiger partial charge in [0.15, 0.2) is 5.96 Å². The molecular weight excluding hydrogens is 439 g/mol. The Balaban J connectivity index is 0.00000243. The molecule has 4 aliphatic heterocycles. The highest BCUT2D eigenvalue weighted by Crippen LogP contribution is 2.16. The molecule has 4 aliphatic rings. The first-order chi connectivity index (χ1) is 12.3. The van der Waals surface area contributed by atoms with E-state index in [4.69, 9.17) is 4.99 Å². The minimum absolute atomic E-state index is 0. The Bertz CT molecular complexity index is 424. The molecule has 26 heavy (non-hydrogen) atoms. The molecule has 0 aromatic carbocycles. The molecule has 7 heteroatoms. The Kier molecular flexibility index (Phi) is 9.94. The first kappa shape index (κ1) is 22.2. The van der Waals surface area contributed by atoms with E-state index in [1.54, 1.807) is 0 Å². The number of hydrogen-bond donors (Lipinski definition) is 2. The molecule has 2 N–H and O–H groups in total. The first-order valence-electron chi connectivity index (χ1n) is 10.5. The highest BCUT2D eigenvalue weighted by molar-refractivity contribution is 14.0. The van der Waals surface area contributed by atoms with E-state index >= 15 is 0 Å². The Labute approximate surface area is 177 Å². The molecule has 152 valence electrons. The summed E-state index contributed by atoms with van der Waals surface area (Å²) < 4.78 is 0. The molecule has 0 aromatic heterocycles. The Morgan fingerprint density at radius 3 is 2.54 bits per heavy atom. The van der Waals surface area contributed by atoms with Crippen LogP contribution >= 0.6 is 24.0 Å². The van der Waals surface area contributed by atoms with Gasteiger partial charge in [0, 0.05) is 64.4 Å². The van der Waals surface area contributed by atoms with Crippen LogP contribution in [0, 0.1) is 0 Å². The number of fused-ring (bicyclic) bond motifs is 3. The minimum atomic E-state index is 0. The van der Waals surface area contributed by atoms with Gasteiger partial charge in [-0.15, -0.1) is 24.0 Å². The molecule has 2 atom stereocenters. The van der Waals surface area contributed by atoms with Crippen molar-refractivity contribution < 1.29 is 0 Å². The van der Waals surface area contributed by atoms with Crippen LogP contribution in [0.15, 0.2) is 4.99 Å². The maximum absolute atomic E-state index is 4.87. The van der Waals surface area contributed by atoms with Gasteiger partial charge in [-0.25, -0.2) is 0 Å². The summed E-state index contributed by atoms with van der Waals surface area (Å²) in [5, 5.41) is 6.95. The molecule has 6 nitrogen and oxygen atoms in total. The van der Waals surface area contributed by atoms with Crippen LogP contribution in [-0.2, 0) is 0 Å². The summed E-state index contributed by atoms with van der Waals surface area (Å²) in [5.41, 5.74) is 0. The summed E-state index contributed by atoms with van der Waals surface area (Å²) in [5.74, 6) is 0.992. The van der Waals surface area contributed by atoms with Crippen LogP contribution in [0.1, 0.15) is 39.5 Å². The third kappa shape index (κ3) is 6.49. The van der Waals surface area contributed by atoms with E-state index < -0.39 is 0 Å². The average Bonchev–Trinajstić information content (AvgIpc) is 2.65. The van der Waals surface area contributed by atoms with E-state index in [-0.39, 0.29) is 24.0 Å². The van der Waals surface area contributed by atoms with Crippen LogP contribution in [-0.4, -0.2) is 98.2 Å². The van der Waals surface area contributed by atoms with Crippen molar-refractivity contribution in [1.29, 1.82) is 0 Å². The molecule has 0 radical (unpaired) electrons. The number of piperazine rings is 3. The monoisotopic (exact) mass is 478 g/mol. The van der Waals surface area contributed by atoms with Crippen LogP contribution in [0.25, 0.3) is 0 Å². The lowest BCUT2D eigenvalue weighted by atomic mass is 10.0. The van der Waals surface area contributed by atoms with Crippen LogP contribution in [0.3, 0.4) is 0 Å². The normalized spacial score (nSPS) is 32.2. The van der Waals surface area contributed by atoms with Crippen molar-refractivity contribution in [2.45, 2.75) is 51.6 Å². The van der Waals surface area contributed by atoms with Crippen LogP contribution in [0.4, 0.5) is 0 Å². The van der Waals surface area contributed by atoms with Crippen molar-refractivity contribution in [2.75, 3.05) is 65.4 Å². The Morgan fingerprint density at radius 1 is 1.08 bits per heavy atom. The predicted octanol–water partition coefficient (Wildman–Crippen LogP) is 1.42. The van der Waals surface area contributed by atoms with E-state index in [2.05, 4.69) is 39.2 Å². The molecular formula is C19H39IN6. The van der Waals surface area contributed by atoms with E-state index in [0.29, 0.717) is 6.04 Å². The SMILES string of the molecule is CCNC(=NCC1CN2CCN1CC2)NCCCN1CCCCC1C.I. The van der Waals surface area contributed by atoms with Crippen molar-refractivity contribution in [2.24, 2.45) is 4.99 Å². The number of rotatable bonds is 7. The Morgan fingerprint density at radius 2 is 1.88 bits per heavy atom. The van der Waals surface area contributed by atoms with Crippen LogP contribution in [0.2, 0.25) is 0 Å². The first-order valence-corrected chi connectivity index (χ1v) is 10.5. The van der Waals surface area contributed by atoms with Gasteiger partial charge in [0.2, 0.25) is 0 Å². The van der Waals surface area contributed by atoms with Gasteiger partial charge in [0.1, 0.15) is 0 Å². The third-order valence-electron chi connectivity index (χ3n) is 6.05. The standard InChI is InChI=1S/C19H38N6.HI/c1-3-20-19(21-8-6-10-24-9-5-4-7-17(24)2)22-15-18-16-23-11-13-25(18)14-12-23;/h17-18H,3-16H2,1-2H3,(H2,20,21,22);1H. The van der Waals surface area contributed by atoms with Crippen LogP contribution in [0.5, 0.6) is 0 Å². The molecule has 0 amide bonds. The smallest absolute Gasteiger partial charge is 0.191 e. The van der Waals surface area contributed by atoms with E-state index in [1.165, 1.54) is 71.5 Å². The molecule has 4 fully saturated rings. The quantitative estimate of drug-likeness (QED) is 0.251. The lowest BCUT2D eigenvalue weighted by Crippen LogP contribution is -2.62. The largest absolute Gasteiger partial charge is 0.357 e. The van der Waals surface area contributed by atoms with Crippen molar-refractivity contribution in [3.8, 4) is 0 Å². The molecule has 2 bridgehead atoms. The number of nitrogens with zero attached hydrogens (tertiary/aromatic N) is 4. The van der Waals surface area contributed by atoms with Gasteiger partial charge < -0.3 is 15.5 Å². The fourth-order valence-electron chi connectivity index (χ4n) is 4.41. The zero-order valence-corrected chi connectivity index (χ0v) is 19.1. The second-order valence-electron chi connectivity index (χ2n) is 7.87. The van der Waals surface area contributed by atoms with E-state index in [9.17, 15) is 0 Å². The summed E-state index contributed by atoms with van der Waals surface area (Å²) >= 11 is 0. The molecule has 4 saturated heterocycles. The zero-order chi connectivity index (χ0) is 17.5. The molecule has 0 spiro atoms. The lowest BCUT2D eigenvalue weighted by molar-refractivity contribution is 0.0174. The number of piperidine rings is 1. The highest BCUT2D eigenvalue weighted by Gasteiger charge is 2.31. The fourth-order valence-corrected chi connectivity index (χ4v) is 4.41. The van der Waals surface area contributed by atoms with E-state index in [0.717, 1.165) is 31.6 Å². The fraction of sp³-hybridized carbons (Fsp3) is 0.947. The zero-order valence-electron chi connectivity index (χ0n) is 16.8. The van der Waals surface area contributed by atoms with Gasteiger partial charge in [-0.05, 0) is 39.7 Å². The minimum Gasteiger partial charge on any atom is -0.357 e. The lowest BCUT2D eigenvalue weighted by Gasteiger charge is -2.47. The molecule has 2 unspecified atom stereocenters. The molecule has 0 saturated carbocycles. The summed E-state index contributed by atoms with van der Waals surface area (Å²) in [6.07, 6.45) is 5.34. The molecule has 0 aliphatic carbocycles. The third-order valence-corrected chi connectivity index (χ3v) is 6.05. The number of nitrogens with one attached hydrogen (secondary N) is 2. The number of likely N-dealkylation sites (tertiary alicyclic amines) is 1. The maximum atomic E-state index is 4.87.